The molecule has 4 heteroatoms. The van der Waals surface area contributed by atoms with E-state index in [0.29, 0.717) is 18.6 Å². The first-order chi connectivity index (χ1) is 6.97. The van der Waals surface area contributed by atoms with Crippen LogP contribution in [0.4, 0.5) is 0 Å². The van der Waals surface area contributed by atoms with Gasteiger partial charge in [0.1, 0.15) is 5.78 Å². The molecule has 0 aliphatic carbocycles. The topological polar surface area (TPSA) is 66.7 Å². The van der Waals surface area contributed by atoms with Crippen LogP contribution in [0.1, 0.15) is 27.2 Å². The van der Waals surface area contributed by atoms with Crippen LogP contribution in [0, 0.1) is 11.8 Å². The smallest absolute Gasteiger partial charge is 0.164 e. The lowest BCUT2D eigenvalue weighted by Gasteiger charge is -2.18. The van der Waals surface area contributed by atoms with Crippen LogP contribution >= 0.6 is 0 Å². The molecule has 0 radical (unpaired) electrons. The molecule has 3 unspecified atom stereocenters. The molecular formula is C11H17NO3. The molecule has 1 N–H and O–H groups in total. The summed E-state index contributed by atoms with van der Waals surface area (Å²) in [6.45, 7) is 5.42. The first-order valence-corrected chi connectivity index (χ1v) is 5.18. The molecule has 0 saturated heterocycles. The SMILES string of the molecule is CC(=O)C1C(C=O)=NC(CC(C)C)C1O. The van der Waals surface area contributed by atoms with E-state index in [2.05, 4.69) is 4.99 Å². The summed E-state index contributed by atoms with van der Waals surface area (Å²) in [6.07, 6.45) is 0.447. The molecule has 1 rings (SSSR count). The van der Waals surface area contributed by atoms with Crippen molar-refractivity contribution < 1.29 is 14.7 Å². The molecule has 0 saturated carbocycles. The van der Waals surface area contributed by atoms with E-state index in [1.54, 1.807) is 0 Å². The number of aliphatic hydroxyl groups excluding tert-OH is 1. The average molecular weight is 211 g/mol. The van der Waals surface area contributed by atoms with Crippen molar-refractivity contribution >= 4 is 17.8 Å². The number of ketones is 1. The Morgan fingerprint density at radius 3 is 2.53 bits per heavy atom. The third-order valence-corrected chi connectivity index (χ3v) is 2.64. The van der Waals surface area contributed by atoms with Crippen molar-refractivity contribution in [3.05, 3.63) is 0 Å². The molecule has 0 aromatic rings. The number of carbonyl (C=O) groups is 2. The Morgan fingerprint density at radius 2 is 2.20 bits per heavy atom. The fourth-order valence-electron chi connectivity index (χ4n) is 1.97. The highest BCUT2D eigenvalue weighted by atomic mass is 16.3. The summed E-state index contributed by atoms with van der Waals surface area (Å²) in [4.78, 5) is 26.1. The fraction of sp³-hybridized carbons (Fsp3) is 0.727. The van der Waals surface area contributed by atoms with Gasteiger partial charge in [0, 0.05) is 0 Å². The number of nitrogens with zero attached hydrogens (tertiary/aromatic N) is 1. The number of rotatable bonds is 4. The molecule has 1 aliphatic rings. The van der Waals surface area contributed by atoms with Gasteiger partial charge in [0.15, 0.2) is 6.29 Å². The van der Waals surface area contributed by atoms with Crippen LogP contribution in [0.15, 0.2) is 4.99 Å². The van der Waals surface area contributed by atoms with Crippen molar-refractivity contribution in [2.75, 3.05) is 0 Å². The van der Waals surface area contributed by atoms with Crippen LogP contribution in [0.25, 0.3) is 0 Å². The highest BCUT2D eigenvalue weighted by Gasteiger charge is 2.40. The van der Waals surface area contributed by atoms with Crippen molar-refractivity contribution in [3.8, 4) is 0 Å². The molecule has 0 bridgehead atoms. The van der Waals surface area contributed by atoms with Crippen LogP contribution in [0.2, 0.25) is 0 Å². The molecule has 4 nitrogen and oxygen atoms in total. The van der Waals surface area contributed by atoms with E-state index in [0.717, 1.165) is 0 Å². The van der Waals surface area contributed by atoms with Crippen molar-refractivity contribution in [2.24, 2.45) is 16.8 Å². The molecule has 84 valence electrons. The van der Waals surface area contributed by atoms with Gasteiger partial charge in [0.25, 0.3) is 0 Å². The second-order valence-electron chi connectivity index (χ2n) is 4.45. The Hall–Kier alpha value is -1.03. The van der Waals surface area contributed by atoms with Gasteiger partial charge in [0.2, 0.25) is 0 Å². The number of aldehydes is 1. The van der Waals surface area contributed by atoms with Crippen molar-refractivity contribution in [1.82, 2.24) is 0 Å². The van der Waals surface area contributed by atoms with Gasteiger partial charge < -0.3 is 5.11 Å². The van der Waals surface area contributed by atoms with Crippen LogP contribution in [0.5, 0.6) is 0 Å². The monoisotopic (exact) mass is 211 g/mol. The lowest BCUT2D eigenvalue weighted by atomic mass is 9.90. The van der Waals surface area contributed by atoms with Gasteiger partial charge in [-0.3, -0.25) is 14.6 Å². The molecule has 0 aromatic carbocycles. The first kappa shape index (κ1) is 12.0. The summed E-state index contributed by atoms with van der Waals surface area (Å²) in [6, 6.07) is -0.306. The second kappa shape index (κ2) is 4.66. The molecule has 15 heavy (non-hydrogen) atoms. The van der Waals surface area contributed by atoms with Crippen LogP contribution in [0.3, 0.4) is 0 Å². The highest BCUT2D eigenvalue weighted by Crippen LogP contribution is 2.25. The summed E-state index contributed by atoms with van der Waals surface area (Å²) < 4.78 is 0. The molecule has 0 aromatic heterocycles. The van der Waals surface area contributed by atoms with Gasteiger partial charge in [0.05, 0.1) is 23.8 Å². The molecule has 1 aliphatic heterocycles. The maximum Gasteiger partial charge on any atom is 0.164 e. The standard InChI is InChI=1S/C11H17NO3/c1-6(2)4-8-11(15)10(7(3)14)9(5-13)12-8/h5-6,8,10-11,15H,4H2,1-3H3. The van der Waals surface area contributed by atoms with E-state index >= 15 is 0 Å². The molecule has 0 spiro atoms. The average Bonchev–Trinajstić information content (AvgIpc) is 2.42. The Kier molecular flexibility index (Phi) is 3.74. The third-order valence-electron chi connectivity index (χ3n) is 2.64. The van der Waals surface area contributed by atoms with E-state index in [4.69, 9.17) is 0 Å². The Balaban J connectivity index is 2.84. The summed E-state index contributed by atoms with van der Waals surface area (Å²) in [7, 11) is 0. The van der Waals surface area contributed by atoms with Gasteiger partial charge >= 0.3 is 0 Å². The minimum absolute atomic E-state index is 0.195. The van der Waals surface area contributed by atoms with E-state index in [1.807, 2.05) is 13.8 Å². The molecule has 0 amide bonds. The maximum absolute atomic E-state index is 11.3. The summed E-state index contributed by atoms with van der Waals surface area (Å²) in [5, 5.41) is 9.88. The predicted octanol–water partition coefficient (Wildman–Crippen LogP) is 0.621. The van der Waals surface area contributed by atoms with Gasteiger partial charge in [-0.25, -0.2) is 0 Å². The normalized spacial score (nSPS) is 30.5. The maximum atomic E-state index is 11.3. The molecule has 0 fully saturated rings. The summed E-state index contributed by atoms with van der Waals surface area (Å²) in [5.41, 5.74) is 0.195. The molecular weight excluding hydrogens is 194 g/mol. The van der Waals surface area contributed by atoms with Gasteiger partial charge in [-0.1, -0.05) is 13.8 Å². The van der Waals surface area contributed by atoms with E-state index < -0.39 is 12.0 Å². The van der Waals surface area contributed by atoms with Crippen LogP contribution in [-0.2, 0) is 9.59 Å². The van der Waals surface area contributed by atoms with Gasteiger partial charge in [-0.05, 0) is 19.3 Å². The minimum Gasteiger partial charge on any atom is -0.390 e. The van der Waals surface area contributed by atoms with E-state index in [-0.39, 0.29) is 17.5 Å². The number of carbonyl (C=O) groups excluding carboxylic acids is 2. The number of hydrogen-bond acceptors (Lipinski definition) is 4. The van der Waals surface area contributed by atoms with E-state index in [1.165, 1.54) is 6.92 Å². The van der Waals surface area contributed by atoms with E-state index in [9.17, 15) is 14.7 Å². The van der Waals surface area contributed by atoms with Crippen molar-refractivity contribution in [3.63, 3.8) is 0 Å². The highest BCUT2D eigenvalue weighted by molar-refractivity contribution is 6.35. The van der Waals surface area contributed by atoms with Crippen molar-refractivity contribution in [2.45, 2.75) is 39.3 Å². The number of aliphatic imine (C=N–C) groups is 1. The zero-order valence-corrected chi connectivity index (χ0v) is 9.30. The lowest BCUT2D eigenvalue weighted by molar-refractivity contribution is -0.121. The first-order valence-electron chi connectivity index (χ1n) is 5.18. The van der Waals surface area contributed by atoms with Gasteiger partial charge in [-0.15, -0.1) is 0 Å². The number of aliphatic hydroxyl groups is 1. The predicted molar refractivity (Wildman–Crippen MR) is 56.9 cm³/mol. The molecule has 3 atom stereocenters. The van der Waals surface area contributed by atoms with Gasteiger partial charge in [-0.2, -0.15) is 0 Å². The Morgan fingerprint density at radius 1 is 1.60 bits per heavy atom. The minimum atomic E-state index is -0.829. The second-order valence-corrected chi connectivity index (χ2v) is 4.45. The Labute approximate surface area is 89.4 Å². The zero-order chi connectivity index (χ0) is 11.6. The number of hydrogen-bond donors (Lipinski definition) is 1. The van der Waals surface area contributed by atoms with Crippen molar-refractivity contribution in [1.29, 1.82) is 0 Å². The Bertz CT molecular complexity index is 296. The van der Waals surface area contributed by atoms with Crippen LogP contribution < -0.4 is 0 Å². The largest absolute Gasteiger partial charge is 0.390 e. The summed E-state index contributed by atoms with van der Waals surface area (Å²) in [5.74, 6) is -0.530. The third kappa shape index (κ3) is 2.50. The summed E-state index contributed by atoms with van der Waals surface area (Å²) >= 11 is 0. The number of Topliss-reactive ketones (excluding diaryl/α,β-unsaturated/α-hetero) is 1. The molecule has 1 heterocycles. The van der Waals surface area contributed by atoms with Crippen LogP contribution in [-0.4, -0.2) is 35.0 Å². The zero-order valence-electron chi connectivity index (χ0n) is 9.30. The fourth-order valence-corrected chi connectivity index (χ4v) is 1.97. The quantitative estimate of drug-likeness (QED) is 0.693. The lowest BCUT2D eigenvalue weighted by Crippen LogP contribution is -2.34.